The van der Waals surface area contributed by atoms with E-state index in [1.165, 1.54) is 25.7 Å². The molecule has 1 amide bonds. The highest BCUT2D eigenvalue weighted by Gasteiger charge is 2.24. The van der Waals surface area contributed by atoms with Crippen LogP contribution in [0.3, 0.4) is 0 Å². The molecule has 0 aromatic carbocycles. The van der Waals surface area contributed by atoms with E-state index < -0.39 is 0 Å². The van der Waals surface area contributed by atoms with E-state index in [0.717, 1.165) is 12.8 Å². The van der Waals surface area contributed by atoms with Crippen molar-refractivity contribution in [2.45, 2.75) is 51.5 Å². The van der Waals surface area contributed by atoms with Crippen LogP contribution >= 0.6 is 0 Å². The Morgan fingerprint density at radius 2 is 2.00 bits per heavy atom. The Morgan fingerprint density at radius 3 is 2.67 bits per heavy atom. The summed E-state index contributed by atoms with van der Waals surface area (Å²) in [5.41, 5.74) is 0. The fraction of sp³-hybridized carbons (Fsp3) is 0.846. The lowest BCUT2D eigenvalue weighted by atomic mass is 10.1. The molecule has 104 valence electrons. The molecule has 1 heterocycles. The third kappa shape index (κ3) is 6.00. The van der Waals surface area contributed by atoms with Crippen molar-refractivity contribution in [2.75, 3.05) is 19.7 Å². The third-order valence-electron chi connectivity index (χ3n) is 3.04. The van der Waals surface area contributed by atoms with E-state index in [9.17, 15) is 9.59 Å². The van der Waals surface area contributed by atoms with E-state index in [1.54, 1.807) is 0 Å². The van der Waals surface area contributed by atoms with Crippen molar-refractivity contribution >= 4 is 11.9 Å². The molecule has 0 aromatic rings. The van der Waals surface area contributed by atoms with Gasteiger partial charge in [-0.2, -0.15) is 0 Å². The van der Waals surface area contributed by atoms with Gasteiger partial charge in [-0.05, 0) is 6.42 Å². The van der Waals surface area contributed by atoms with Crippen LogP contribution in [0.5, 0.6) is 0 Å². The van der Waals surface area contributed by atoms with Gasteiger partial charge < -0.3 is 10.1 Å². The highest BCUT2D eigenvalue weighted by molar-refractivity contribution is 5.83. The number of rotatable bonds is 8. The zero-order valence-electron chi connectivity index (χ0n) is 11.2. The number of nitrogens with one attached hydrogen (secondary N) is 2. The van der Waals surface area contributed by atoms with E-state index in [-0.39, 0.29) is 24.5 Å². The monoisotopic (exact) mass is 256 g/mol. The second-order valence-electron chi connectivity index (χ2n) is 4.67. The summed E-state index contributed by atoms with van der Waals surface area (Å²) in [5.74, 6) is -0.335. The number of piperazine rings is 1. The summed E-state index contributed by atoms with van der Waals surface area (Å²) in [6.45, 7) is 3.19. The van der Waals surface area contributed by atoms with Crippen LogP contribution in [-0.2, 0) is 14.3 Å². The normalized spacial score (nSPS) is 19.4. The molecule has 2 N–H and O–H groups in total. The summed E-state index contributed by atoms with van der Waals surface area (Å²) in [5, 5.41) is 5.49. The predicted molar refractivity (Wildman–Crippen MR) is 69.1 cm³/mol. The van der Waals surface area contributed by atoms with Crippen molar-refractivity contribution < 1.29 is 14.3 Å². The molecule has 0 aromatic heterocycles. The Morgan fingerprint density at radius 1 is 1.28 bits per heavy atom. The highest BCUT2D eigenvalue weighted by atomic mass is 16.5. The van der Waals surface area contributed by atoms with Crippen molar-refractivity contribution in [3.63, 3.8) is 0 Å². The number of hydrogen-bond donors (Lipinski definition) is 2. The Hall–Kier alpha value is -1.10. The molecule has 0 saturated carbocycles. The van der Waals surface area contributed by atoms with E-state index in [1.807, 2.05) is 0 Å². The first-order chi connectivity index (χ1) is 8.74. The molecule has 1 atom stereocenters. The smallest absolute Gasteiger partial charge is 0.324 e. The minimum atomic E-state index is -0.386. The first kappa shape index (κ1) is 15.0. The SMILES string of the molecule is CCCCCCCCOC(=O)C1CNC(=O)CN1. The Labute approximate surface area is 109 Å². The maximum absolute atomic E-state index is 11.6. The van der Waals surface area contributed by atoms with Crippen LogP contribution in [0.1, 0.15) is 45.4 Å². The van der Waals surface area contributed by atoms with Gasteiger partial charge >= 0.3 is 5.97 Å². The summed E-state index contributed by atoms with van der Waals surface area (Å²) in [6, 6.07) is -0.386. The molecule has 1 rings (SSSR count). The van der Waals surface area contributed by atoms with Crippen LogP contribution < -0.4 is 10.6 Å². The lowest BCUT2D eigenvalue weighted by Crippen LogP contribution is -2.55. The van der Waals surface area contributed by atoms with Crippen LogP contribution in [0.25, 0.3) is 0 Å². The molecule has 1 unspecified atom stereocenters. The first-order valence-corrected chi connectivity index (χ1v) is 6.90. The van der Waals surface area contributed by atoms with Crippen molar-refractivity contribution in [1.29, 1.82) is 0 Å². The van der Waals surface area contributed by atoms with Crippen LogP contribution in [0, 0.1) is 0 Å². The van der Waals surface area contributed by atoms with Gasteiger partial charge in [-0.25, -0.2) is 0 Å². The zero-order chi connectivity index (χ0) is 13.2. The summed E-state index contributed by atoms with van der Waals surface area (Å²) >= 11 is 0. The number of amides is 1. The fourth-order valence-electron chi connectivity index (χ4n) is 1.89. The number of carbonyl (C=O) groups is 2. The summed E-state index contributed by atoms with van der Waals surface area (Å²) in [4.78, 5) is 22.5. The van der Waals surface area contributed by atoms with Crippen molar-refractivity contribution in [3.8, 4) is 0 Å². The van der Waals surface area contributed by atoms with Gasteiger partial charge in [0.15, 0.2) is 0 Å². The van der Waals surface area contributed by atoms with Gasteiger partial charge in [-0.3, -0.25) is 14.9 Å². The van der Waals surface area contributed by atoms with Crippen molar-refractivity contribution in [1.82, 2.24) is 10.6 Å². The average Bonchev–Trinajstić information content (AvgIpc) is 2.38. The van der Waals surface area contributed by atoms with Gasteiger partial charge in [0.05, 0.1) is 13.2 Å². The number of ether oxygens (including phenoxy) is 1. The Balaban J connectivity index is 1.98. The van der Waals surface area contributed by atoms with Crippen LogP contribution in [-0.4, -0.2) is 37.6 Å². The second kappa shape index (κ2) is 8.91. The van der Waals surface area contributed by atoms with Crippen LogP contribution in [0.2, 0.25) is 0 Å². The van der Waals surface area contributed by atoms with Crippen molar-refractivity contribution in [3.05, 3.63) is 0 Å². The quantitative estimate of drug-likeness (QED) is 0.502. The van der Waals surface area contributed by atoms with Crippen molar-refractivity contribution in [2.24, 2.45) is 0 Å². The van der Waals surface area contributed by atoms with Gasteiger partial charge in [-0.15, -0.1) is 0 Å². The molecule has 1 aliphatic heterocycles. The fourth-order valence-corrected chi connectivity index (χ4v) is 1.89. The summed E-state index contributed by atoms with van der Waals surface area (Å²) < 4.78 is 5.17. The lowest BCUT2D eigenvalue weighted by Gasteiger charge is -2.22. The highest BCUT2D eigenvalue weighted by Crippen LogP contribution is 2.05. The molecule has 5 nitrogen and oxygen atoms in total. The molecule has 0 aliphatic carbocycles. The number of esters is 1. The standard InChI is InChI=1S/C13H24N2O3/c1-2-3-4-5-6-7-8-18-13(17)11-9-15-12(16)10-14-11/h11,14H,2-10H2,1H3,(H,15,16). The van der Waals surface area contributed by atoms with Gasteiger partial charge in [0.2, 0.25) is 5.91 Å². The zero-order valence-corrected chi connectivity index (χ0v) is 11.2. The molecule has 0 bridgehead atoms. The summed E-state index contributed by atoms with van der Waals surface area (Å²) in [7, 11) is 0. The maximum Gasteiger partial charge on any atom is 0.324 e. The molecule has 18 heavy (non-hydrogen) atoms. The number of carbonyl (C=O) groups excluding carboxylic acids is 2. The van der Waals surface area contributed by atoms with Crippen LogP contribution in [0.15, 0.2) is 0 Å². The Kier molecular flexibility index (Phi) is 7.41. The molecule has 1 fully saturated rings. The van der Waals surface area contributed by atoms with E-state index >= 15 is 0 Å². The minimum absolute atomic E-state index is 0.0741. The first-order valence-electron chi connectivity index (χ1n) is 6.90. The Bertz CT molecular complexity index is 259. The van der Waals surface area contributed by atoms with E-state index in [4.69, 9.17) is 4.74 Å². The molecule has 0 radical (unpaired) electrons. The minimum Gasteiger partial charge on any atom is -0.464 e. The maximum atomic E-state index is 11.6. The van der Waals surface area contributed by atoms with E-state index in [0.29, 0.717) is 13.2 Å². The number of hydrogen-bond acceptors (Lipinski definition) is 4. The largest absolute Gasteiger partial charge is 0.464 e. The van der Waals surface area contributed by atoms with Crippen LogP contribution in [0.4, 0.5) is 0 Å². The average molecular weight is 256 g/mol. The number of unbranched alkanes of at least 4 members (excludes halogenated alkanes) is 5. The lowest BCUT2D eigenvalue weighted by molar-refractivity contribution is -0.147. The summed E-state index contributed by atoms with van der Waals surface area (Å²) in [6.07, 6.45) is 7.04. The van der Waals surface area contributed by atoms with Gasteiger partial charge in [-0.1, -0.05) is 39.0 Å². The molecule has 1 aliphatic rings. The van der Waals surface area contributed by atoms with Gasteiger partial charge in [0.1, 0.15) is 6.04 Å². The third-order valence-corrected chi connectivity index (χ3v) is 3.04. The molecular weight excluding hydrogens is 232 g/mol. The molecule has 1 saturated heterocycles. The van der Waals surface area contributed by atoms with E-state index in [2.05, 4.69) is 17.6 Å². The predicted octanol–water partition coefficient (Wildman–Crippen LogP) is 0.978. The molecular formula is C13H24N2O3. The van der Waals surface area contributed by atoms with Gasteiger partial charge in [0, 0.05) is 6.54 Å². The molecule has 5 heteroatoms. The van der Waals surface area contributed by atoms with Gasteiger partial charge in [0.25, 0.3) is 0 Å². The molecule has 0 spiro atoms. The topological polar surface area (TPSA) is 67.4 Å². The second-order valence-corrected chi connectivity index (χ2v) is 4.67.